The van der Waals surface area contributed by atoms with E-state index in [1.54, 1.807) is 0 Å². The van der Waals surface area contributed by atoms with Crippen LogP contribution in [0.5, 0.6) is 0 Å². The second-order valence-electron chi connectivity index (χ2n) is 5.88. The summed E-state index contributed by atoms with van der Waals surface area (Å²) in [4.78, 5) is 11.3. The number of hydrogen-bond acceptors (Lipinski definition) is 1. The fraction of sp³-hybridized carbons (Fsp3) is 0.667. The zero-order chi connectivity index (χ0) is 12.0. The number of aliphatic carboxylic acids is 1. The Balaban J connectivity index is 1.90. The van der Waals surface area contributed by atoms with Crippen molar-refractivity contribution in [1.82, 2.24) is 0 Å². The van der Waals surface area contributed by atoms with Crippen molar-refractivity contribution in [3.63, 3.8) is 0 Å². The van der Waals surface area contributed by atoms with E-state index in [0.29, 0.717) is 11.8 Å². The molecule has 0 aliphatic heterocycles. The predicted octanol–water partition coefficient (Wildman–Crippen LogP) is 3.11. The molecule has 0 aromatic rings. The largest absolute Gasteiger partial charge is 0.481 e. The van der Waals surface area contributed by atoms with Gasteiger partial charge < -0.3 is 5.11 Å². The summed E-state index contributed by atoms with van der Waals surface area (Å²) in [7, 11) is 0. The lowest BCUT2D eigenvalue weighted by Crippen LogP contribution is -2.26. The van der Waals surface area contributed by atoms with Crippen LogP contribution in [-0.4, -0.2) is 11.1 Å². The minimum atomic E-state index is -0.632. The molecule has 2 nitrogen and oxygen atoms in total. The van der Waals surface area contributed by atoms with Gasteiger partial charge in [0.2, 0.25) is 0 Å². The standard InChI is InChI=1S/C15H20O2/c1-2-10-12-7-6-9-4-3-5-11(9)13(12)8-14(10)15(16)17/h2,6-7,9-14H,1,3-5,8H2,(H,16,17)/t9-,10-,11+,12-,13-,14+/m0/s1. The first-order valence-corrected chi connectivity index (χ1v) is 6.76. The lowest BCUT2D eigenvalue weighted by molar-refractivity contribution is -0.142. The van der Waals surface area contributed by atoms with E-state index >= 15 is 0 Å². The van der Waals surface area contributed by atoms with Gasteiger partial charge in [-0.1, -0.05) is 24.6 Å². The highest BCUT2D eigenvalue weighted by Crippen LogP contribution is 2.54. The lowest BCUT2D eigenvalue weighted by Gasteiger charge is -2.33. The third kappa shape index (κ3) is 1.57. The molecule has 6 atom stereocenters. The molecule has 3 rings (SSSR count). The number of rotatable bonds is 2. The van der Waals surface area contributed by atoms with Gasteiger partial charge in [0.1, 0.15) is 0 Å². The summed E-state index contributed by atoms with van der Waals surface area (Å²) in [6, 6.07) is 0. The SMILES string of the molecule is C=C[C@H]1[C@@H]2C=C[C@@H]3CCC[C@H]3[C@@H]2C[C@H]1C(=O)O. The average molecular weight is 232 g/mol. The van der Waals surface area contributed by atoms with Crippen LogP contribution >= 0.6 is 0 Å². The highest BCUT2D eigenvalue weighted by atomic mass is 16.4. The van der Waals surface area contributed by atoms with Gasteiger partial charge in [-0.15, -0.1) is 6.58 Å². The Morgan fingerprint density at radius 3 is 2.82 bits per heavy atom. The topological polar surface area (TPSA) is 37.3 Å². The van der Waals surface area contributed by atoms with Crippen LogP contribution in [0.4, 0.5) is 0 Å². The normalized spacial score (nSPS) is 47.5. The first-order chi connectivity index (χ1) is 8.22. The summed E-state index contributed by atoms with van der Waals surface area (Å²) in [6.07, 6.45) is 11.3. The summed E-state index contributed by atoms with van der Waals surface area (Å²) < 4.78 is 0. The molecule has 0 bridgehead atoms. The minimum Gasteiger partial charge on any atom is -0.481 e. The predicted molar refractivity (Wildman–Crippen MR) is 66.4 cm³/mol. The van der Waals surface area contributed by atoms with E-state index in [9.17, 15) is 9.90 Å². The minimum absolute atomic E-state index is 0.148. The molecule has 1 N–H and O–H groups in total. The van der Waals surface area contributed by atoms with E-state index in [-0.39, 0.29) is 11.8 Å². The zero-order valence-electron chi connectivity index (χ0n) is 10.1. The fourth-order valence-corrected chi connectivity index (χ4v) is 4.54. The number of hydrogen-bond donors (Lipinski definition) is 1. The van der Waals surface area contributed by atoms with Gasteiger partial charge in [-0.3, -0.25) is 4.79 Å². The Hall–Kier alpha value is -1.05. The third-order valence-corrected chi connectivity index (χ3v) is 5.27. The molecule has 0 radical (unpaired) electrons. The van der Waals surface area contributed by atoms with Gasteiger partial charge in [0, 0.05) is 0 Å². The molecular formula is C15H20O2. The second kappa shape index (κ2) is 4.01. The molecule has 2 fully saturated rings. The summed E-state index contributed by atoms with van der Waals surface area (Å²) in [5.41, 5.74) is 0. The van der Waals surface area contributed by atoms with Gasteiger partial charge in [0.25, 0.3) is 0 Å². The van der Waals surface area contributed by atoms with Gasteiger partial charge >= 0.3 is 5.97 Å². The van der Waals surface area contributed by atoms with Gasteiger partial charge in [-0.25, -0.2) is 0 Å². The van der Waals surface area contributed by atoms with Crippen molar-refractivity contribution in [2.45, 2.75) is 25.7 Å². The molecule has 2 heteroatoms. The van der Waals surface area contributed by atoms with Crippen LogP contribution in [0.25, 0.3) is 0 Å². The molecule has 0 amide bonds. The maximum absolute atomic E-state index is 11.3. The summed E-state index contributed by atoms with van der Waals surface area (Å²) in [5, 5.41) is 9.33. The molecule has 92 valence electrons. The molecule has 0 saturated heterocycles. The monoisotopic (exact) mass is 232 g/mol. The molecule has 0 unspecified atom stereocenters. The van der Waals surface area contributed by atoms with Crippen LogP contribution in [0.1, 0.15) is 25.7 Å². The quantitative estimate of drug-likeness (QED) is 0.743. The Kier molecular flexibility index (Phi) is 2.61. The number of allylic oxidation sites excluding steroid dienone is 3. The van der Waals surface area contributed by atoms with Crippen LogP contribution in [0.2, 0.25) is 0 Å². The second-order valence-corrected chi connectivity index (χ2v) is 5.88. The molecule has 0 spiro atoms. The van der Waals surface area contributed by atoms with Crippen LogP contribution in [-0.2, 0) is 4.79 Å². The van der Waals surface area contributed by atoms with Crippen molar-refractivity contribution >= 4 is 5.97 Å². The van der Waals surface area contributed by atoms with E-state index in [0.717, 1.165) is 18.3 Å². The zero-order valence-corrected chi connectivity index (χ0v) is 10.1. The Bertz CT molecular complexity index is 371. The molecule has 3 aliphatic rings. The van der Waals surface area contributed by atoms with E-state index in [1.165, 1.54) is 19.3 Å². The van der Waals surface area contributed by atoms with E-state index in [4.69, 9.17) is 0 Å². The van der Waals surface area contributed by atoms with E-state index in [2.05, 4.69) is 18.7 Å². The Labute approximate surface area is 102 Å². The maximum Gasteiger partial charge on any atom is 0.307 e. The van der Waals surface area contributed by atoms with Crippen LogP contribution < -0.4 is 0 Å². The number of carboxylic acid groups (broad SMARTS) is 1. The van der Waals surface area contributed by atoms with E-state index < -0.39 is 5.97 Å². The summed E-state index contributed by atoms with van der Waals surface area (Å²) in [6.45, 7) is 3.85. The molecule has 0 aromatic carbocycles. The van der Waals surface area contributed by atoms with Crippen molar-refractivity contribution in [2.24, 2.45) is 35.5 Å². The summed E-state index contributed by atoms with van der Waals surface area (Å²) in [5.74, 6) is 1.82. The lowest BCUT2D eigenvalue weighted by atomic mass is 9.72. The van der Waals surface area contributed by atoms with Crippen molar-refractivity contribution in [3.05, 3.63) is 24.8 Å². The number of carbonyl (C=O) groups is 1. The Morgan fingerprint density at radius 1 is 1.29 bits per heavy atom. The first kappa shape index (κ1) is 11.1. The number of fused-ring (bicyclic) bond motifs is 3. The maximum atomic E-state index is 11.3. The van der Waals surface area contributed by atoms with E-state index in [1.807, 2.05) is 6.08 Å². The van der Waals surface area contributed by atoms with Gasteiger partial charge in [0.15, 0.2) is 0 Å². The molecule has 17 heavy (non-hydrogen) atoms. The van der Waals surface area contributed by atoms with Crippen molar-refractivity contribution < 1.29 is 9.90 Å². The number of carboxylic acids is 1. The van der Waals surface area contributed by atoms with Crippen molar-refractivity contribution in [2.75, 3.05) is 0 Å². The van der Waals surface area contributed by atoms with Gasteiger partial charge in [0.05, 0.1) is 5.92 Å². The Morgan fingerprint density at radius 2 is 2.12 bits per heavy atom. The van der Waals surface area contributed by atoms with Gasteiger partial charge in [-0.2, -0.15) is 0 Å². The molecule has 2 saturated carbocycles. The molecular weight excluding hydrogens is 212 g/mol. The van der Waals surface area contributed by atoms with Crippen molar-refractivity contribution in [1.29, 1.82) is 0 Å². The molecule has 0 heterocycles. The van der Waals surface area contributed by atoms with Gasteiger partial charge in [-0.05, 0) is 48.9 Å². The highest BCUT2D eigenvalue weighted by molar-refractivity contribution is 5.71. The van der Waals surface area contributed by atoms with Crippen molar-refractivity contribution in [3.8, 4) is 0 Å². The average Bonchev–Trinajstić information content (AvgIpc) is 2.91. The third-order valence-electron chi connectivity index (χ3n) is 5.27. The van der Waals surface area contributed by atoms with Crippen LogP contribution in [0, 0.1) is 35.5 Å². The first-order valence-electron chi connectivity index (χ1n) is 6.76. The smallest absolute Gasteiger partial charge is 0.307 e. The van der Waals surface area contributed by atoms with Crippen LogP contribution in [0.3, 0.4) is 0 Å². The molecule has 3 aliphatic carbocycles. The van der Waals surface area contributed by atoms with Crippen LogP contribution in [0.15, 0.2) is 24.8 Å². The fourth-order valence-electron chi connectivity index (χ4n) is 4.54. The molecule has 0 aromatic heterocycles. The highest BCUT2D eigenvalue weighted by Gasteiger charge is 2.50. The summed E-state index contributed by atoms with van der Waals surface area (Å²) >= 11 is 0.